The third-order valence-corrected chi connectivity index (χ3v) is 4.03. The molecule has 0 fully saturated rings. The van der Waals surface area contributed by atoms with E-state index >= 15 is 0 Å². The molecule has 0 radical (unpaired) electrons. The zero-order valence-corrected chi connectivity index (χ0v) is 14.2. The lowest BCUT2D eigenvalue weighted by molar-refractivity contribution is -0.128. The number of carbonyl (C=O) groups is 1. The van der Waals surface area contributed by atoms with Crippen molar-refractivity contribution in [2.75, 3.05) is 6.54 Å². The molecular formula is C19H22ClNO2. The van der Waals surface area contributed by atoms with Gasteiger partial charge in [-0.15, -0.1) is 0 Å². The van der Waals surface area contributed by atoms with E-state index in [1.165, 1.54) is 5.56 Å². The predicted octanol–water partition coefficient (Wildman–Crippen LogP) is 4.42. The predicted molar refractivity (Wildman–Crippen MR) is 94.0 cm³/mol. The molecule has 0 aliphatic carbocycles. The van der Waals surface area contributed by atoms with Crippen LogP contribution in [0.25, 0.3) is 0 Å². The molecule has 2 aromatic rings. The number of hydrogen-bond donors (Lipinski definition) is 1. The lowest BCUT2D eigenvalue weighted by atomic mass is 10.0. The van der Waals surface area contributed by atoms with Crippen molar-refractivity contribution in [3.05, 3.63) is 65.2 Å². The molecule has 0 bridgehead atoms. The smallest absolute Gasteiger partial charge is 0.261 e. The molecule has 0 aliphatic heterocycles. The Bertz CT molecular complexity index is 630. The van der Waals surface area contributed by atoms with Gasteiger partial charge < -0.3 is 10.1 Å². The quantitative estimate of drug-likeness (QED) is 0.815. The number of benzene rings is 2. The van der Waals surface area contributed by atoms with Crippen molar-refractivity contribution in [1.82, 2.24) is 5.32 Å². The number of amides is 1. The number of hydrogen-bond acceptors (Lipinski definition) is 2. The van der Waals surface area contributed by atoms with Crippen LogP contribution in [0.2, 0.25) is 5.02 Å². The molecule has 122 valence electrons. The van der Waals surface area contributed by atoms with E-state index in [4.69, 9.17) is 16.3 Å². The maximum Gasteiger partial charge on any atom is 0.261 e. The minimum atomic E-state index is -0.544. The van der Waals surface area contributed by atoms with Crippen LogP contribution in [0, 0.1) is 0 Å². The largest absolute Gasteiger partial charge is 0.479 e. The Morgan fingerprint density at radius 3 is 2.43 bits per heavy atom. The molecule has 4 heteroatoms. The number of nitrogens with one attached hydrogen (secondary N) is 1. The zero-order chi connectivity index (χ0) is 16.7. The topological polar surface area (TPSA) is 38.3 Å². The first-order chi connectivity index (χ1) is 11.1. The van der Waals surface area contributed by atoms with Gasteiger partial charge in [0.15, 0.2) is 6.10 Å². The normalized spacial score (nSPS) is 13.2. The molecule has 0 saturated heterocycles. The SMILES string of the molecule is CC[C@H](Oc1ccccc1Cl)C(=O)NC[C@@H](C)c1ccccc1. The highest BCUT2D eigenvalue weighted by molar-refractivity contribution is 6.32. The number of halogens is 1. The summed E-state index contributed by atoms with van der Waals surface area (Å²) in [5.74, 6) is 0.667. The second-order valence-corrected chi connectivity index (χ2v) is 5.91. The minimum absolute atomic E-state index is 0.116. The Labute approximate surface area is 142 Å². The summed E-state index contributed by atoms with van der Waals surface area (Å²) < 4.78 is 5.75. The maximum atomic E-state index is 12.3. The van der Waals surface area contributed by atoms with Crippen LogP contribution in [0.4, 0.5) is 0 Å². The number of rotatable bonds is 7. The van der Waals surface area contributed by atoms with E-state index in [-0.39, 0.29) is 11.8 Å². The molecule has 0 unspecified atom stereocenters. The molecule has 0 aliphatic rings. The Hall–Kier alpha value is -2.00. The molecule has 0 aromatic heterocycles. The maximum absolute atomic E-state index is 12.3. The Balaban J connectivity index is 1.91. The van der Waals surface area contributed by atoms with Crippen molar-refractivity contribution in [1.29, 1.82) is 0 Å². The van der Waals surface area contributed by atoms with Crippen LogP contribution in [0.1, 0.15) is 31.7 Å². The van der Waals surface area contributed by atoms with Crippen LogP contribution < -0.4 is 10.1 Å². The molecule has 0 heterocycles. The standard InChI is InChI=1S/C19H22ClNO2/c1-3-17(23-18-12-8-7-11-16(18)20)19(22)21-13-14(2)15-9-5-4-6-10-15/h4-12,14,17H,3,13H2,1-2H3,(H,21,22)/t14-,17+/m1/s1. The first kappa shape index (κ1) is 17.4. The summed E-state index contributed by atoms with van der Waals surface area (Å²) in [4.78, 5) is 12.3. The van der Waals surface area contributed by atoms with Gasteiger partial charge in [-0.1, -0.05) is 67.9 Å². The average Bonchev–Trinajstić information content (AvgIpc) is 2.59. The lowest BCUT2D eigenvalue weighted by Gasteiger charge is -2.19. The monoisotopic (exact) mass is 331 g/mol. The van der Waals surface area contributed by atoms with Gasteiger partial charge in [-0.25, -0.2) is 0 Å². The summed E-state index contributed by atoms with van der Waals surface area (Å²) in [6, 6.07) is 17.3. The van der Waals surface area contributed by atoms with Crippen LogP contribution in [0.5, 0.6) is 5.75 Å². The van der Waals surface area contributed by atoms with Crippen LogP contribution >= 0.6 is 11.6 Å². The fourth-order valence-corrected chi connectivity index (χ4v) is 2.46. The van der Waals surface area contributed by atoms with Crippen LogP contribution in [0.15, 0.2) is 54.6 Å². The Morgan fingerprint density at radius 1 is 1.13 bits per heavy atom. The Kier molecular flexibility index (Phi) is 6.48. The second kappa shape index (κ2) is 8.59. The van der Waals surface area contributed by atoms with E-state index in [0.29, 0.717) is 23.7 Å². The third-order valence-electron chi connectivity index (χ3n) is 3.72. The highest BCUT2D eigenvalue weighted by atomic mass is 35.5. The number of carbonyl (C=O) groups excluding carboxylic acids is 1. The average molecular weight is 332 g/mol. The minimum Gasteiger partial charge on any atom is -0.479 e. The molecule has 3 nitrogen and oxygen atoms in total. The molecule has 2 atom stereocenters. The number of para-hydroxylation sites is 1. The van der Waals surface area contributed by atoms with E-state index < -0.39 is 6.10 Å². The summed E-state index contributed by atoms with van der Waals surface area (Å²) in [6.07, 6.45) is 0.0365. The van der Waals surface area contributed by atoms with Gasteiger partial charge in [0.05, 0.1) is 5.02 Å². The molecule has 0 spiro atoms. The van der Waals surface area contributed by atoms with Gasteiger partial charge in [0, 0.05) is 6.54 Å². The molecule has 1 amide bonds. The van der Waals surface area contributed by atoms with E-state index in [0.717, 1.165) is 0 Å². The van der Waals surface area contributed by atoms with Crippen molar-refractivity contribution in [3.63, 3.8) is 0 Å². The van der Waals surface area contributed by atoms with Crippen molar-refractivity contribution >= 4 is 17.5 Å². The van der Waals surface area contributed by atoms with Crippen LogP contribution in [-0.2, 0) is 4.79 Å². The van der Waals surface area contributed by atoms with Gasteiger partial charge in [0.1, 0.15) is 5.75 Å². The molecular weight excluding hydrogens is 310 g/mol. The van der Waals surface area contributed by atoms with Gasteiger partial charge in [0.2, 0.25) is 0 Å². The molecule has 0 saturated carbocycles. The summed E-state index contributed by atoms with van der Waals surface area (Å²) in [5.41, 5.74) is 1.20. The second-order valence-electron chi connectivity index (χ2n) is 5.50. The van der Waals surface area contributed by atoms with Crippen molar-refractivity contribution in [2.24, 2.45) is 0 Å². The fraction of sp³-hybridized carbons (Fsp3) is 0.316. The van der Waals surface area contributed by atoms with Gasteiger partial charge in [-0.2, -0.15) is 0 Å². The van der Waals surface area contributed by atoms with Gasteiger partial charge >= 0.3 is 0 Å². The summed E-state index contributed by atoms with van der Waals surface area (Å²) in [7, 11) is 0. The highest BCUT2D eigenvalue weighted by Gasteiger charge is 2.20. The van der Waals surface area contributed by atoms with Crippen molar-refractivity contribution in [2.45, 2.75) is 32.3 Å². The molecule has 23 heavy (non-hydrogen) atoms. The van der Waals surface area contributed by atoms with Crippen LogP contribution in [-0.4, -0.2) is 18.6 Å². The first-order valence-electron chi connectivity index (χ1n) is 7.85. The van der Waals surface area contributed by atoms with E-state index in [2.05, 4.69) is 24.4 Å². The zero-order valence-electron chi connectivity index (χ0n) is 13.5. The summed E-state index contributed by atoms with van der Waals surface area (Å²) in [6.45, 7) is 4.58. The molecule has 1 N–H and O–H groups in total. The van der Waals surface area contributed by atoms with Crippen molar-refractivity contribution in [3.8, 4) is 5.75 Å². The van der Waals surface area contributed by atoms with Crippen LogP contribution in [0.3, 0.4) is 0 Å². The molecule has 2 rings (SSSR count). The van der Waals surface area contributed by atoms with E-state index in [9.17, 15) is 4.79 Å². The van der Waals surface area contributed by atoms with Crippen molar-refractivity contribution < 1.29 is 9.53 Å². The summed E-state index contributed by atoms with van der Waals surface area (Å²) in [5, 5.41) is 3.48. The Morgan fingerprint density at radius 2 is 1.78 bits per heavy atom. The van der Waals surface area contributed by atoms with Gasteiger partial charge in [-0.05, 0) is 30.0 Å². The van der Waals surface area contributed by atoms with Gasteiger partial charge in [-0.3, -0.25) is 4.79 Å². The fourth-order valence-electron chi connectivity index (χ4n) is 2.28. The highest BCUT2D eigenvalue weighted by Crippen LogP contribution is 2.25. The molecule has 2 aromatic carbocycles. The first-order valence-corrected chi connectivity index (χ1v) is 8.23. The van der Waals surface area contributed by atoms with E-state index in [1.807, 2.05) is 37.3 Å². The van der Waals surface area contributed by atoms with Gasteiger partial charge in [0.25, 0.3) is 5.91 Å². The summed E-state index contributed by atoms with van der Waals surface area (Å²) >= 11 is 6.08. The lowest BCUT2D eigenvalue weighted by Crippen LogP contribution is -2.39. The third kappa shape index (κ3) is 5.00. The van der Waals surface area contributed by atoms with E-state index in [1.54, 1.807) is 12.1 Å². The number of ether oxygens (including phenoxy) is 1.